The molecule has 1 aromatic heterocycles. The molecule has 0 spiro atoms. The molecule has 0 aliphatic carbocycles. The molecule has 1 aliphatic heterocycles. The molecule has 0 atom stereocenters. The van der Waals surface area contributed by atoms with Gasteiger partial charge in [0.05, 0.1) is 16.1 Å². The van der Waals surface area contributed by atoms with E-state index in [9.17, 15) is 18.5 Å². The van der Waals surface area contributed by atoms with Crippen molar-refractivity contribution >= 4 is 21.4 Å². The molecule has 0 radical (unpaired) electrons. The molecule has 10 heteroatoms. The van der Waals surface area contributed by atoms with Gasteiger partial charge in [-0.3, -0.25) is 10.1 Å². The molecule has 3 rings (SSSR count). The van der Waals surface area contributed by atoms with Crippen molar-refractivity contribution in [3.63, 3.8) is 0 Å². The molecule has 0 bridgehead atoms. The van der Waals surface area contributed by atoms with Gasteiger partial charge in [-0.05, 0) is 37.3 Å². The average Bonchev–Trinajstić information content (AvgIpc) is 3.19. The fourth-order valence-electron chi connectivity index (χ4n) is 3.25. The number of aryl methyl sites for hydroxylation is 1. The van der Waals surface area contributed by atoms with Crippen molar-refractivity contribution in [1.82, 2.24) is 13.9 Å². The van der Waals surface area contributed by atoms with Crippen LogP contribution in [0.5, 0.6) is 0 Å². The number of rotatable bonds is 8. The maximum atomic E-state index is 12.8. The first kappa shape index (κ1) is 20.3. The lowest BCUT2D eigenvalue weighted by Gasteiger charge is -2.29. The number of nitro benzene ring substituents is 1. The molecule has 1 fully saturated rings. The minimum absolute atomic E-state index is 0.0299. The van der Waals surface area contributed by atoms with Crippen LogP contribution < -0.4 is 5.32 Å². The van der Waals surface area contributed by atoms with Crippen molar-refractivity contribution < 1.29 is 13.3 Å². The Bertz CT molecular complexity index is 906. The van der Waals surface area contributed by atoms with Gasteiger partial charge in [-0.25, -0.2) is 13.4 Å². The summed E-state index contributed by atoms with van der Waals surface area (Å²) in [4.78, 5) is 14.9. The summed E-state index contributed by atoms with van der Waals surface area (Å²) in [6.45, 7) is 4.26. The van der Waals surface area contributed by atoms with Crippen molar-refractivity contribution in [1.29, 1.82) is 0 Å². The second kappa shape index (κ2) is 8.70. The lowest BCUT2D eigenvalue weighted by atomic mass is 10.0. The second-order valence-corrected chi connectivity index (χ2v) is 9.04. The Balaban J connectivity index is 1.70. The van der Waals surface area contributed by atoms with Crippen LogP contribution in [0.25, 0.3) is 0 Å². The van der Waals surface area contributed by atoms with Gasteiger partial charge in [-0.1, -0.05) is 6.92 Å². The normalized spacial score (nSPS) is 16.2. The van der Waals surface area contributed by atoms with E-state index < -0.39 is 14.9 Å². The SMILES string of the molecule is CC1CCN(S(=O)(=O)c2ccc(NCCCn3ccnc3)c([N+](=O)[O-])c2)CC1. The van der Waals surface area contributed by atoms with Crippen LogP contribution in [0.15, 0.2) is 41.8 Å². The molecule has 2 heterocycles. The number of aromatic nitrogens is 2. The van der Waals surface area contributed by atoms with Crippen molar-refractivity contribution in [3.05, 3.63) is 47.0 Å². The number of hydrogen-bond acceptors (Lipinski definition) is 6. The van der Waals surface area contributed by atoms with Crippen molar-refractivity contribution in [2.75, 3.05) is 25.0 Å². The maximum Gasteiger partial charge on any atom is 0.293 e. The van der Waals surface area contributed by atoms with Crippen LogP contribution >= 0.6 is 0 Å². The molecule has 2 aromatic rings. The van der Waals surface area contributed by atoms with Crippen LogP contribution in [0.2, 0.25) is 0 Å². The zero-order valence-corrected chi connectivity index (χ0v) is 16.6. The van der Waals surface area contributed by atoms with Crippen LogP contribution in [0.4, 0.5) is 11.4 Å². The topological polar surface area (TPSA) is 110 Å². The molecule has 1 aromatic carbocycles. The Kier molecular flexibility index (Phi) is 6.30. The molecule has 1 saturated heterocycles. The van der Waals surface area contributed by atoms with E-state index in [4.69, 9.17) is 0 Å². The van der Waals surface area contributed by atoms with Gasteiger partial charge in [-0.2, -0.15) is 4.31 Å². The lowest BCUT2D eigenvalue weighted by Crippen LogP contribution is -2.37. The van der Waals surface area contributed by atoms with E-state index in [1.54, 1.807) is 12.5 Å². The number of sulfonamides is 1. The smallest absolute Gasteiger partial charge is 0.293 e. The summed E-state index contributed by atoms with van der Waals surface area (Å²) in [6.07, 6.45) is 7.61. The molecule has 1 N–H and O–H groups in total. The number of anilines is 1. The molecule has 1 aliphatic rings. The van der Waals surface area contributed by atoms with Gasteiger partial charge in [0.25, 0.3) is 5.69 Å². The van der Waals surface area contributed by atoms with E-state index in [1.807, 2.05) is 10.8 Å². The Morgan fingerprint density at radius 2 is 2.07 bits per heavy atom. The Hall–Kier alpha value is -2.46. The summed E-state index contributed by atoms with van der Waals surface area (Å²) >= 11 is 0. The second-order valence-electron chi connectivity index (χ2n) is 7.10. The fourth-order valence-corrected chi connectivity index (χ4v) is 4.74. The Morgan fingerprint density at radius 1 is 1.32 bits per heavy atom. The van der Waals surface area contributed by atoms with Crippen LogP contribution in [0.3, 0.4) is 0 Å². The number of piperidine rings is 1. The molecule has 28 heavy (non-hydrogen) atoms. The molecular weight excluding hydrogens is 382 g/mol. The maximum absolute atomic E-state index is 12.8. The number of nitro groups is 1. The number of benzene rings is 1. The van der Waals surface area contributed by atoms with Gasteiger partial charge in [0.1, 0.15) is 5.69 Å². The zero-order chi connectivity index (χ0) is 20.1. The van der Waals surface area contributed by atoms with E-state index >= 15 is 0 Å². The summed E-state index contributed by atoms with van der Waals surface area (Å²) < 4.78 is 29.0. The van der Waals surface area contributed by atoms with E-state index in [-0.39, 0.29) is 10.6 Å². The monoisotopic (exact) mass is 407 g/mol. The molecule has 152 valence electrons. The largest absolute Gasteiger partial charge is 0.379 e. The molecule has 9 nitrogen and oxygen atoms in total. The first-order chi connectivity index (χ1) is 13.4. The first-order valence-electron chi connectivity index (χ1n) is 9.36. The fraction of sp³-hybridized carbons (Fsp3) is 0.500. The molecular formula is C18H25N5O4S. The summed E-state index contributed by atoms with van der Waals surface area (Å²) in [5, 5.41) is 14.5. The van der Waals surface area contributed by atoms with E-state index in [0.29, 0.717) is 31.2 Å². The minimum Gasteiger partial charge on any atom is -0.379 e. The Labute approximate surface area is 164 Å². The van der Waals surface area contributed by atoms with Crippen LogP contribution in [0.1, 0.15) is 26.2 Å². The third-order valence-corrected chi connectivity index (χ3v) is 6.91. The van der Waals surface area contributed by atoms with Gasteiger partial charge in [0, 0.05) is 44.6 Å². The third kappa shape index (κ3) is 4.68. The molecule has 0 saturated carbocycles. The van der Waals surface area contributed by atoms with Crippen LogP contribution in [-0.4, -0.2) is 46.8 Å². The van der Waals surface area contributed by atoms with Gasteiger partial charge in [0.2, 0.25) is 10.0 Å². The quantitative estimate of drug-likeness (QED) is 0.409. The predicted molar refractivity (Wildman–Crippen MR) is 106 cm³/mol. The highest BCUT2D eigenvalue weighted by Crippen LogP contribution is 2.30. The number of hydrogen-bond donors (Lipinski definition) is 1. The summed E-state index contributed by atoms with van der Waals surface area (Å²) in [6, 6.07) is 4.08. The van der Waals surface area contributed by atoms with Gasteiger partial charge >= 0.3 is 0 Å². The minimum atomic E-state index is -3.72. The van der Waals surface area contributed by atoms with Crippen molar-refractivity contribution in [2.24, 2.45) is 5.92 Å². The zero-order valence-electron chi connectivity index (χ0n) is 15.8. The van der Waals surface area contributed by atoms with Gasteiger partial charge in [-0.15, -0.1) is 0 Å². The predicted octanol–water partition coefficient (Wildman–Crippen LogP) is 2.71. The Morgan fingerprint density at radius 3 is 2.71 bits per heavy atom. The third-order valence-electron chi connectivity index (χ3n) is 5.01. The number of nitrogens with zero attached hydrogens (tertiary/aromatic N) is 4. The van der Waals surface area contributed by atoms with Gasteiger partial charge < -0.3 is 9.88 Å². The lowest BCUT2D eigenvalue weighted by molar-refractivity contribution is -0.384. The average molecular weight is 407 g/mol. The summed E-state index contributed by atoms with van der Waals surface area (Å²) in [5.41, 5.74) is 0.0935. The molecule has 0 unspecified atom stereocenters. The van der Waals surface area contributed by atoms with Gasteiger partial charge in [0.15, 0.2) is 0 Å². The highest BCUT2D eigenvalue weighted by atomic mass is 32.2. The highest BCUT2D eigenvalue weighted by Gasteiger charge is 2.30. The van der Waals surface area contributed by atoms with Crippen LogP contribution in [-0.2, 0) is 16.6 Å². The summed E-state index contributed by atoms with van der Waals surface area (Å²) in [5.74, 6) is 0.495. The number of nitrogens with one attached hydrogen (secondary N) is 1. The van der Waals surface area contributed by atoms with E-state index in [0.717, 1.165) is 31.9 Å². The van der Waals surface area contributed by atoms with E-state index in [2.05, 4.69) is 17.2 Å². The van der Waals surface area contributed by atoms with E-state index in [1.165, 1.54) is 16.4 Å². The standard InChI is InChI=1S/C18H25N5O4S/c1-15-5-10-22(11-6-15)28(26,27)16-3-4-17(18(13-16)23(24)25)20-7-2-9-21-12-8-19-14-21/h3-4,8,12-15,20H,2,5-7,9-11H2,1H3. The van der Waals surface area contributed by atoms with Crippen LogP contribution in [0, 0.1) is 16.0 Å². The number of imidazole rings is 1. The molecule has 0 amide bonds. The highest BCUT2D eigenvalue weighted by molar-refractivity contribution is 7.89. The first-order valence-corrected chi connectivity index (χ1v) is 10.8. The van der Waals surface area contributed by atoms with Crippen molar-refractivity contribution in [3.8, 4) is 0 Å². The van der Waals surface area contributed by atoms with Crippen molar-refractivity contribution in [2.45, 2.75) is 37.6 Å². The summed E-state index contributed by atoms with van der Waals surface area (Å²) in [7, 11) is -3.72.